The van der Waals surface area contributed by atoms with Gasteiger partial charge in [-0.05, 0) is 48.5 Å². The van der Waals surface area contributed by atoms with Crippen molar-refractivity contribution in [3.05, 3.63) is 54.4 Å². The molecule has 0 aliphatic carbocycles. The fourth-order valence-corrected chi connectivity index (χ4v) is 3.86. The molecule has 0 radical (unpaired) electrons. The molecule has 0 saturated carbocycles. The van der Waals surface area contributed by atoms with E-state index < -0.39 is 0 Å². The van der Waals surface area contributed by atoms with Crippen LogP contribution in [0, 0.1) is 0 Å². The predicted octanol–water partition coefficient (Wildman–Crippen LogP) is 3.94. The lowest BCUT2D eigenvalue weighted by Crippen LogP contribution is -1.93. The van der Waals surface area contributed by atoms with Crippen LogP contribution in [-0.4, -0.2) is 33.9 Å². The maximum Gasteiger partial charge on any atom is 0.237 e. The van der Waals surface area contributed by atoms with E-state index in [1.807, 2.05) is 48.5 Å². The molecule has 0 N–H and O–H groups in total. The van der Waals surface area contributed by atoms with Crippen LogP contribution in [0.2, 0.25) is 0 Å². The lowest BCUT2D eigenvalue weighted by atomic mass is 10.1. The Labute approximate surface area is 180 Å². The van der Waals surface area contributed by atoms with Crippen LogP contribution in [0.3, 0.4) is 0 Å². The summed E-state index contributed by atoms with van der Waals surface area (Å²) in [6.07, 6.45) is 0. The number of hydrogen-bond donors (Lipinski definition) is 0. The number of hydrogen-bond acceptors (Lipinski definition) is 10. The summed E-state index contributed by atoms with van der Waals surface area (Å²) < 4.78 is 26.8. The molecule has 4 aromatic rings. The Hall–Kier alpha value is -3.79. The van der Waals surface area contributed by atoms with E-state index in [0.717, 1.165) is 27.6 Å². The lowest BCUT2D eigenvalue weighted by molar-refractivity contribution is 0.173. The summed E-state index contributed by atoms with van der Waals surface area (Å²) in [5.41, 5.74) is 2.47. The highest BCUT2D eigenvalue weighted by molar-refractivity contribution is 7.98. The third kappa shape index (κ3) is 3.50. The molecule has 0 amide bonds. The minimum absolute atomic E-state index is 0.224. The van der Waals surface area contributed by atoms with Crippen LogP contribution in [0.4, 0.5) is 0 Å². The van der Waals surface area contributed by atoms with Gasteiger partial charge in [-0.3, -0.25) is 0 Å². The molecule has 0 atom stereocenters. The maximum absolute atomic E-state index is 5.42. The first-order valence-electron chi connectivity index (χ1n) is 9.41. The minimum atomic E-state index is 0.224. The number of aromatic nitrogens is 4. The fraction of sp³-hybridized carbons (Fsp3) is 0.143. The van der Waals surface area contributed by atoms with Crippen molar-refractivity contribution in [1.29, 1.82) is 0 Å². The Bertz CT molecular complexity index is 1260. The second-order valence-corrected chi connectivity index (χ2v) is 7.69. The Morgan fingerprint density at radius 1 is 0.742 bits per heavy atom. The van der Waals surface area contributed by atoms with Gasteiger partial charge in [0.2, 0.25) is 25.3 Å². The molecule has 0 fully saturated rings. The second kappa shape index (κ2) is 7.47. The van der Waals surface area contributed by atoms with Crippen LogP contribution in [0.15, 0.2) is 58.1 Å². The monoisotopic (exact) mass is 434 g/mol. The fourth-order valence-electron chi connectivity index (χ4n) is 3.21. The van der Waals surface area contributed by atoms with Crippen molar-refractivity contribution in [3.8, 4) is 45.6 Å². The zero-order valence-corrected chi connectivity index (χ0v) is 16.8. The van der Waals surface area contributed by atoms with Gasteiger partial charge in [-0.1, -0.05) is 16.9 Å². The first kappa shape index (κ1) is 18.0. The molecule has 2 aliphatic rings. The van der Waals surface area contributed by atoms with Gasteiger partial charge in [0.05, 0.1) is 11.4 Å². The van der Waals surface area contributed by atoms with Gasteiger partial charge in [0.1, 0.15) is 5.03 Å². The Balaban J connectivity index is 1.12. The number of thioether (sulfide) groups is 1. The van der Waals surface area contributed by atoms with Gasteiger partial charge < -0.3 is 23.5 Å². The Morgan fingerprint density at radius 3 is 2.19 bits per heavy atom. The smallest absolute Gasteiger partial charge is 0.237 e. The van der Waals surface area contributed by atoms with Crippen LogP contribution >= 0.6 is 11.8 Å². The second-order valence-electron chi connectivity index (χ2n) is 6.69. The molecule has 2 aromatic heterocycles. The van der Waals surface area contributed by atoms with Crippen molar-refractivity contribution < 1.29 is 23.5 Å². The Morgan fingerprint density at radius 2 is 1.45 bits per heavy atom. The molecular weight excluding hydrogens is 420 g/mol. The van der Waals surface area contributed by atoms with Crippen molar-refractivity contribution in [2.45, 2.75) is 10.8 Å². The molecule has 0 spiro atoms. The van der Waals surface area contributed by atoms with Gasteiger partial charge in [0.25, 0.3) is 0 Å². The zero-order chi connectivity index (χ0) is 20.6. The highest BCUT2D eigenvalue weighted by atomic mass is 32.2. The lowest BCUT2D eigenvalue weighted by Gasteiger charge is -2.03. The van der Waals surface area contributed by atoms with Crippen LogP contribution in [0.1, 0.15) is 5.89 Å². The standard InChI is InChI=1S/C21H14N4O5S/c1-4-15-17(28-10-26-15)7-12(1)14-3-6-20(24-23-14)31-9-19-22-21(25-30-19)13-2-5-16-18(8-13)29-11-27-16/h1-8H,9-11H2. The van der Waals surface area contributed by atoms with E-state index in [1.165, 1.54) is 11.8 Å². The summed E-state index contributed by atoms with van der Waals surface area (Å²) >= 11 is 1.47. The largest absolute Gasteiger partial charge is 0.454 e. The van der Waals surface area contributed by atoms with Crippen LogP contribution in [0.5, 0.6) is 23.0 Å². The average Bonchev–Trinajstić information content (AvgIpc) is 3.57. The van der Waals surface area contributed by atoms with E-state index in [4.69, 9.17) is 23.5 Å². The summed E-state index contributed by atoms with van der Waals surface area (Å²) in [4.78, 5) is 4.45. The number of benzene rings is 2. The molecule has 2 aliphatic heterocycles. The van der Waals surface area contributed by atoms with Crippen molar-refractivity contribution in [2.24, 2.45) is 0 Å². The number of fused-ring (bicyclic) bond motifs is 2. The van der Waals surface area contributed by atoms with Gasteiger partial charge in [0.15, 0.2) is 23.0 Å². The zero-order valence-electron chi connectivity index (χ0n) is 16.0. The van der Waals surface area contributed by atoms with Crippen molar-refractivity contribution in [1.82, 2.24) is 20.3 Å². The van der Waals surface area contributed by atoms with Crippen LogP contribution in [-0.2, 0) is 5.75 Å². The first-order valence-corrected chi connectivity index (χ1v) is 10.4. The minimum Gasteiger partial charge on any atom is -0.454 e. The molecule has 154 valence electrons. The highest BCUT2D eigenvalue weighted by Crippen LogP contribution is 2.36. The van der Waals surface area contributed by atoms with Crippen molar-refractivity contribution in [3.63, 3.8) is 0 Å². The summed E-state index contributed by atoms with van der Waals surface area (Å²) in [7, 11) is 0. The maximum atomic E-state index is 5.42. The topological polar surface area (TPSA) is 102 Å². The molecule has 10 heteroatoms. The van der Waals surface area contributed by atoms with Gasteiger partial charge in [-0.15, -0.1) is 10.2 Å². The van der Waals surface area contributed by atoms with E-state index in [2.05, 4.69) is 20.3 Å². The van der Waals surface area contributed by atoms with E-state index in [-0.39, 0.29) is 13.6 Å². The first-order chi connectivity index (χ1) is 15.3. The molecular formula is C21H14N4O5S. The SMILES string of the molecule is c1cc2c(cc1-c1ccc(SCc3nc(-c4ccc5c(c4)OCO5)no3)nn1)OCO2. The molecule has 0 bridgehead atoms. The number of ether oxygens (including phenoxy) is 4. The van der Waals surface area contributed by atoms with Crippen LogP contribution in [0.25, 0.3) is 22.6 Å². The van der Waals surface area contributed by atoms with Crippen molar-refractivity contribution >= 4 is 11.8 Å². The third-order valence-corrected chi connectivity index (χ3v) is 5.66. The normalized spacial score (nSPS) is 13.5. The molecule has 0 unspecified atom stereocenters. The molecule has 2 aromatic carbocycles. The summed E-state index contributed by atoms with van der Waals surface area (Å²) in [6, 6.07) is 15.1. The average molecular weight is 434 g/mol. The van der Waals surface area contributed by atoms with Gasteiger partial charge in [-0.2, -0.15) is 4.98 Å². The number of nitrogens with zero attached hydrogens (tertiary/aromatic N) is 4. The van der Waals surface area contributed by atoms with Gasteiger partial charge >= 0.3 is 0 Å². The molecule has 0 saturated heterocycles. The quantitative estimate of drug-likeness (QED) is 0.429. The predicted molar refractivity (Wildman–Crippen MR) is 109 cm³/mol. The van der Waals surface area contributed by atoms with Crippen molar-refractivity contribution in [2.75, 3.05) is 13.6 Å². The van der Waals surface area contributed by atoms with E-state index >= 15 is 0 Å². The van der Waals surface area contributed by atoms with Gasteiger partial charge in [-0.25, -0.2) is 0 Å². The van der Waals surface area contributed by atoms with Crippen LogP contribution < -0.4 is 18.9 Å². The Kier molecular flexibility index (Phi) is 4.34. The summed E-state index contributed by atoms with van der Waals surface area (Å²) in [5, 5.41) is 13.4. The summed E-state index contributed by atoms with van der Waals surface area (Å²) in [5.74, 6) is 4.32. The third-order valence-electron chi connectivity index (χ3n) is 4.75. The van der Waals surface area contributed by atoms with E-state index in [1.54, 1.807) is 0 Å². The van der Waals surface area contributed by atoms with E-state index in [0.29, 0.717) is 34.7 Å². The molecule has 9 nitrogen and oxygen atoms in total. The highest BCUT2D eigenvalue weighted by Gasteiger charge is 2.17. The summed E-state index contributed by atoms with van der Waals surface area (Å²) in [6.45, 7) is 0.466. The number of rotatable bonds is 5. The molecule has 6 rings (SSSR count). The van der Waals surface area contributed by atoms with Gasteiger partial charge in [0, 0.05) is 11.1 Å². The van der Waals surface area contributed by atoms with E-state index in [9.17, 15) is 0 Å². The molecule has 4 heterocycles. The molecule has 31 heavy (non-hydrogen) atoms.